The van der Waals surface area contributed by atoms with E-state index in [-0.39, 0.29) is 23.8 Å². The lowest BCUT2D eigenvalue weighted by molar-refractivity contribution is -0.156. The standard InChI is InChI=1S/C11H19NO3/c12-8-10(13)9-1-4-15-11(7-9)2-5-14-6-3-11/h9H,1-8,12H2. The van der Waals surface area contributed by atoms with E-state index in [1.807, 2.05) is 0 Å². The minimum absolute atomic E-state index is 0.0913. The maximum Gasteiger partial charge on any atom is 0.149 e. The number of carbonyl (C=O) groups is 1. The first-order chi connectivity index (χ1) is 7.26. The Hall–Kier alpha value is -0.450. The van der Waals surface area contributed by atoms with Gasteiger partial charge in [0.1, 0.15) is 5.78 Å². The number of ether oxygens (including phenoxy) is 2. The molecule has 2 saturated heterocycles. The van der Waals surface area contributed by atoms with Gasteiger partial charge in [-0.25, -0.2) is 0 Å². The number of ketones is 1. The largest absolute Gasteiger partial charge is 0.381 e. The molecule has 2 aliphatic heterocycles. The fourth-order valence-electron chi connectivity index (χ4n) is 2.56. The van der Waals surface area contributed by atoms with Crippen LogP contribution in [0, 0.1) is 5.92 Å². The van der Waals surface area contributed by atoms with Crippen LogP contribution in [0.4, 0.5) is 0 Å². The third kappa shape index (κ3) is 2.38. The van der Waals surface area contributed by atoms with Crippen molar-refractivity contribution >= 4 is 5.78 Å². The molecule has 1 atom stereocenters. The van der Waals surface area contributed by atoms with E-state index in [4.69, 9.17) is 15.2 Å². The summed E-state index contributed by atoms with van der Waals surface area (Å²) in [6.07, 6.45) is 3.51. The Labute approximate surface area is 90.1 Å². The van der Waals surface area contributed by atoms with Gasteiger partial charge in [-0.1, -0.05) is 0 Å². The quantitative estimate of drug-likeness (QED) is 0.725. The van der Waals surface area contributed by atoms with E-state index >= 15 is 0 Å². The molecular weight excluding hydrogens is 194 g/mol. The van der Waals surface area contributed by atoms with Gasteiger partial charge in [0.05, 0.1) is 12.1 Å². The molecule has 0 radical (unpaired) electrons. The van der Waals surface area contributed by atoms with Gasteiger partial charge in [-0.3, -0.25) is 4.79 Å². The van der Waals surface area contributed by atoms with Crippen LogP contribution in [0.5, 0.6) is 0 Å². The van der Waals surface area contributed by atoms with Crippen LogP contribution in [-0.2, 0) is 14.3 Å². The van der Waals surface area contributed by atoms with E-state index in [9.17, 15) is 4.79 Å². The van der Waals surface area contributed by atoms with Crippen molar-refractivity contribution in [3.63, 3.8) is 0 Å². The summed E-state index contributed by atoms with van der Waals surface area (Å²) >= 11 is 0. The van der Waals surface area contributed by atoms with E-state index in [1.165, 1.54) is 0 Å². The highest BCUT2D eigenvalue weighted by Crippen LogP contribution is 2.37. The maximum absolute atomic E-state index is 11.6. The zero-order valence-corrected chi connectivity index (χ0v) is 9.04. The van der Waals surface area contributed by atoms with Crippen LogP contribution in [0.15, 0.2) is 0 Å². The van der Waals surface area contributed by atoms with Gasteiger partial charge in [0.25, 0.3) is 0 Å². The van der Waals surface area contributed by atoms with Crippen molar-refractivity contribution in [2.75, 3.05) is 26.4 Å². The van der Waals surface area contributed by atoms with Gasteiger partial charge in [0.15, 0.2) is 0 Å². The van der Waals surface area contributed by atoms with Crippen LogP contribution in [0.3, 0.4) is 0 Å². The SMILES string of the molecule is NCC(=O)C1CCOC2(CCOCC2)C1. The van der Waals surface area contributed by atoms with Crippen molar-refractivity contribution < 1.29 is 14.3 Å². The lowest BCUT2D eigenvalue weighted by atomic mass is 9.79. The molecule has 1 unspecified atom stereocenters. The number of Topliss-reactive ketones (excluding diaryl/α,β-unsaturated/α-hetero) is 1. The Morgan fingerprint density at radius 3 is 2.73 bits per heavy atom. The summed E-state index contributed by atoms with van der Waals surface area (Å²) in [5.74, 6) is 0.297. The van der Waals surface area contributed by atoms with Crippen molar-refractivity contribution in [3.05, 3.63) is 0 Å². The predicted octanol–water partition coefficient (Wildman–Crippen LogP) is 0.490. The highest BCUT2D eigenvalue weighted by atomic mass is 16.5. The Morgan fingerprint density at radius 1 is 1.33 bits per heavy atom. The topological polar surface area (TPSA) is 61.6 Å². The second-order valence-corrected chi connectivity index (χ2v) is 4.50. The van der Waals surface area contributed by atoms with Gasteiger partial charge >= 0.3 is 0 Å². The van der Waals surface area contributed by atoms with Crippen molar-refractivity contribution in [2.45, 2.75) is 31.3 Å². The van der Waals surface area contributed by atoms with Crippen molar-refractivity contribution in [1.82, 2.24) is 0 Å². The molecule has 0 aromatic carbocycles. The Bertz CT molecular complexity index is 230. The molecule has 2 N–H and O–H groups in total. The summed E-state index contributed by atoms with van der Waals surface area (Å²) in [5, 5.41) is 0. The van der Waals surface area contributed by atoms with Gasteiger partial charge < -0.3 is 15.2 Å². The lowest BCUT2D eigenvalue weighted by Gasteiger charge is -2.42. The molecule has 0 bridgehead atoms. The third-order valence-corrected chi connectivity index (χ3v) is 3.55. The molecule has 1 spiro atoms. The molecule has 2 aliphatic rings. The summed E-state index contributed by atoms with van der Waals surface area (Å²) in [6, 6.07) is 0. The second-order valence-electron chi connectivity index (χ2n) is 4.50. The first-order valence-electron chi connectivity index (χ1n) is 5.70. The summed E-state index contributed by atoms with van der Waals surface area (Å²) in [6.45, 7) is 2.36. The highest BCUT2D eigenvalue weighted by Gasteiger charge is 2.40. The average Bonchev–Trinajstić information content (AvgIpc) is 2.29. The van der Waals surface area contributed by atoms with Gasteiger partial charge in [-0.05, 0) is 25.7 Å². The van der Waals surface area contributed by atoms with Gasteiger partial charge in [0.2, 0.25) is 0 Å². The normalized spacial score (nSPS) is 30.3. The van der Waals surface area contributed by atoms with Crippen molar-refractivity contribution in [2.24, 2.45) is 11.7 Å². The van der Waals surface area contributed by atoms with Crippen LogP contribution in [-0.4, -0.2) is 37.7 Å². The predicted molar refractivity (Wildman–Crippen MR) is 55.5 cm³/mol. The smallest absolute Gasteiger partial charge is 0.149 e. The fourth-order valence-corrected chi connectivity index (χ4v) is 2.56. The average molecular weight is 213 g/mol. The number of hydrogen-bond acceptors (Lipinski definition) is 4. The van der Waals surface area contributed by atoms with Gasteiger partial charge in [-0.15, -0.1) is 0 Å². The fraction of sp³-hybridized carbons (Fsp3) is 0.909. The highest BCUT2D eigenvalue weighted by molar-refractivity contribution is 5.82. The summed E-state index contributed by atoms with van der Waals surface area (Å²) in [7, 11) is 0. The van der Waals surface area contributed by atoms with Crippen molar-refractivity contribution in [1.29, 1.82) is 0 Å². The maximum atomic E-state index is 11.6. The van der Waals surface area contributed by atoms with E-state index < -0.39 is 0 Å². The summed E-state index contributed by atoms with van der Waals surface area (Å²) < 4.78 is 11.2. The van der Waals surface area contributed by atoms with Crippen LogP contribution in [0.25, 0.3) is 0 Å². The van der Waals surface area contributed by atoms with Crippen LogP contribution in [0.1, 0.15) is 25.7 Å². The molecule has 2 fully saturated rings. The molecule has 2 rings (SSSR count). The lowest BCUT2D eigenvalue weighted by Crippen LogP contribution is -2.46. The molecule has 15 heavy (non-hydrogen) atoms. The summed E-state index contributed by atoms with van der Waals surface area (Å²) in [5.41, 5.74) is 5.31. The number of rotatable bonds is 2. The first-order valence-corrected chi connectivity index (χ1v) is 5.70. The number of carbonyl (C=O) groups excluding carboxylic acids is 1. The van der Waals surface area contributed by atoms with Crippen LogP contribution in [0.2, 0.25) is 0 Å². The Kier molecular flexibility index (Phi) is 3.38. The molecule has 0 saturated carbocycles. The second kappa shape index (κ2) is 4.60. The molecular formula is C11H19NO3. The minimum atomic E-state index is -0.0913. The molecule has 0 amide bonds. The summed E-state index contributed by atoms with van der Waals surface area (Å²) in [4.78, 5) is 11.6. The zero-order valence-electron chi connectivity index (χ0n) is 9.04. The number of hydrogen-bond donors (Lipinski definition) is 1. The van der Waals surface area contributed by atoms with Crippen LogP contribution >= 0.6 is 0 Å². The van der Waals surface area contributed by atoms with Crippen molar-refractivity contribution in [3.8, 4) is 0 Å². The molecule has 0 aliphatic carbocycles. The van der Waals surface area contributed by atoms with E-state index in [0.717, 1.165) is 38.9 Å². The molecule has 0 aromatic rings. The zero-order chi connectivity index (χ0) is 10.7. The first kappa shape index (κ1) is 11.0. The number of nitrogens with two attached hydrogens (primary N) is 1. The third-order valence-electron chi connectivity index (χ3n) is 3.55. The molecule has 4 nitrogen and oxygen atoms in total. The van der Waals surface area contributed by atoms with Crippen LogP contribution < -0.4 is 5.73 Å². The molecule has 2 heterocycles. The van der Waals surface area contributed by atoms with E-state index in [1.54, 1.807) is 0 Å². The minimum Gasteiger partial charge on any atom is -0.381 e. The van der Waals surface area contributed by atoms with Gasteiger partial charge in [-0.2, -0.15) is 0 Å². The Balaban J connectivity index is 1.99. The molecule has 0 aromatic heterocycles. The van der Waals surface area contributed by atoms with E-state index in [0.29, 0.717) is 6.61 Å². The van der Waals surface area contributed by atoms with Gasteiger partial charge in [0, 0.05) is 25.7 Å². The molecule has 4 heteroatoms. The monoisotopic (exact) mass is 213 g/mol. The van der Waals surface area contributed by atoms with E-state index in [2.05, 4.69) is 0 Å². The molecule has 86 valence electrons. The Morgan fingerprint density at radius 2 is 2.07 bits per heavy atom.